The van der Waals surface area contributed by atoms with Gasteiger partial charge in [0.05, 0.1) is 11.7 Å². The third-order valence-electron chi connectivity index (χ3n) is 2.14. The molecule has 0 amide bonds. The SMILES string of the molecule is S=C=NCCc1cc2ccccc2[nH]1. The van der Waals surface area contributed by atoms with Crippen molar-refractivity contribution in [1.82, 2.24) is 4.98 Å². The van der Waals surface area contributed by atoms with Crippen molar-refractivity contribution in [3.8, 4) is 0 Å². The summed E-state index contributed by atoms with van der Waals surface area (Å²) in [6.45, 7) is 0.705. The van der Waals surface area contributed by atoms with Gasteiger partial charge in [-0.1, -0.05) is 18.2 Å². The van der Waals surface area contributed by atoms with Crippen molar-refractivity contribution >= 4 is 28.3 Å². The van der Waals surface area contributed by atoms with Crippen LogP contribution in [-0.4, -0.2) is 16.7 Å². The first-order valence-electron chi connectivity index (χ1n) is 4.50. The van der Waals surface area contributed by atoms with Gasteiger partial charge in [-0.05, 0) is 29.7 Å². The van der Waals surface area contributed by atoms with Crippen molar-refractivity contribution in [1.29, 1.82) is 0 Å². The first kappa shape index (κ1) is 9.13. The van der Waals surface area contributed by atoms with Crippen LogP contribution in [0.4, 0.5) is 0 Å². The van der Waals surface area contributed by atoms with Crippen LogP contribution in [0.2, 0.25) is 0 Å². The van der Waals surface area contributed by atoms with E-state index in [0.717, 1.165) is 6.42 Å². The summed E-state index contributed by atoms with van der Waals surface area (Å²) in [4.78, 5) is 7.21. The number of benzene rings is 1. The number of aromatic nitrogens is 1. The summed E-state index contributed by atoms with van der Waals surface area (Å²) in [5.74, 6) is 0. The molecule has 0 saturated carbocycles. The number of aliphatic imine (C=N–C) groups is 1. The van der Waals surface area contributed by atoms with Gasteiger partial charge in [0.1, 0.15) is 0 Å². The highest BCUT2D eigenvalue weighted by Crippen LogP contribution is 2.14. The summed E-state index contributed by atoms with van der Waals surface area (Å²) in [6, 6.07) is 10.4. The van der Waals surface area contributed by atoms with E-state index in [1.165, 1.54) is 16.6 Å². The van der Waals surface area contributed by atoms with Crippen LogP contribution in [0.25, 0.3) is 10.9 Å². The summed E-state index contributed by atoms with van der Waals surface area (Å²) >= 11 is 4.50. The van der Waals surface area contributed by atoms with Crippen LogP contribution in [0.5, 0.6) is 0 Å². The van der Waals surface area contributed by atoms with E-state index >= 15 is 0 Å². The fourth-order valence-corrected chi connectivity index (χ4v) is 1.58. The average molecular weight is 202 g/mol. The number of nitrogens with one attached hydrogen (secondary N) is 1. The quantitative estimate of drug-likeness (QED) is 0.601. The standard InChI is InChI=1S/C11H10N2S/c14-8-12-6-5-10-7-9-3-1-2-4-11(9)13-10/h1-4,7,13H,5-6H2. The topological polar surface area (TPSA) is 28.1 Å². The summed E-state index contributed by atoms with van der Waals surface area (Å²) in [5, 5.41) is 3.61. The molecular weight excluding hydrogens is 192 g/mol. The second-order valence-corrected chi connectivity index (χ2v) is 3.29. The summed E-state index contributed by atoms with van der Waals surface area (Å²) in [7, 11) is 0. The van der Waals surface area contributed by atoms with E-state index in [-0.39, 0.29) is 0 Å². The number of fused-ring (bicyclic) bond motifs is 1. The van der Waals surface area contributed by atoms with Crippen molar-refractivity contribution < 1.29 is 0 Å². The molecule has 70 valence electrons. The Labute approximate surface area is 87.7 Å². The van der Waals surface area contributed by atoms with Crippen molar-refractivity contribution in [2.75, 3.05) is 6.54 Å². The number of hydrogen-bond acceptors (Lipinski definition) is 2. The van der Waals surface area contributed by atoms with Gasteiger partial charge in [0.2, 0.25) is 0 Å². The number of para-hydroxylation sites is 1. The maximum absolute atomic E-state index is 4.50. The molecule has 2 aromatic rings. The maximum Gasteiger partial charge on any atom is 0.0585 e. The number of rotatable bonds is 3. The van der Waals surface area contributed by atoms with E-state index in [0.29, 0.717) is 6.54 Å². The molecule has 1 aromatic carbocycles. The van der Waals surface area contributed by atoms with E-state index in [2.05, 4.69) is 45.6 Å². The highest BCUT2D eigenvalue weighted by atomic mass is 32.1. The van der Waals surface area contributed by atoms with Gasteiger partial charge in [-0.2, -0.15) is 0 Å². The zero-order chi connectivity index (χ0) is 9.80. The lowest BCUT2D eigenvalue weighted by atomic mass is 10.2. The van der Waals surface area contributed by atoms with Crippen LogP contribution in [-0.2, 0) is 6.42 Å². The average Bonchev–Trinajstić information content (AvgIpc) is 2.60. The molecule has 0 aliphatic rings. The van der Waals surface area contributed by atoms with Crippen LogP contribution in [0.15, 0.2) is 35.3 Å². The lowest BCUT2D eigenvalue weighted by Gasteiger charge is -1.89. The molecule has 1 aromatic heterocycles. The number of hydrogen-bond donors (Lipinski definition) is 1. The molecule has 0 fully saturated rings. The lowest BCUT2D eigenvalue weighted by molar-refractivity contribution is 0.946. The molecule has 0 aliphatic carbocycles. The van der Waals surface area contributed by atoms with Gasteiger partial charge in [-0.3, -0.25) is 0 Å². The number of nitrogens with zero attached hydrogens (tertiary/aromatic N) is 1. The van der Waals surface area contributed by atoms with Crippen LogP contribution in [0.1, 0.15) is 5.69 Å². The Balaban J connectivity index is 2.22. The Kier molecular flexibility index (Phi) is 2.73. The second-order valence-electron chi connectivity index (χ2n) is 3.10. The van der Waals surface area contributed by atoms with E-state index in [4.69, 9.17) is 0 Å². The highest BCUT2D eigenvalue weighted by molar-refractivity contribution is 7.78. The van der Waals surface area contributed by atoms with Crippen LogP contribution in [0, 0.1) is 0 Å². The van der Waals surface area contributed by atoms with Crippen LogP contribution < -0.4 is 0 Å². The van der Waals surface area contributed by atoms with Gasteiger partial charge in [0.25, 0.3) is 0 Å². The molecule has 2 rings (SSSR count). The molecule has 0 aliphatic heterocycles. The third-order valence-corrected chi connectivity index (χ3v) is 2.27. The molecule has 0 bridgehead atoms. The predicted molar refractivity (Wildman–Crippen MR) is 61.9 cm³/mol. The number of thiocarbonyl (C=S) groups is 1. The van der Waals surface area contributed by atoms with Gasteiger partial charge in [0.15, 0.2) is 0 Å². The van der Waals surface area contributed by atoms with Crippen molar-refractivity contribution in [2.45, 2.75) is 6.42 Å². The minimum atomic E-state index is 0.705. The maximum atomic E-state index is 4.50. The Bertz CT molecular complexity index is 448. The summed E-state index contributed by atoms with van der Waals surface area (Å²) in [6.07, 6.45) is 0.887. The molecule has 0 unspecified atom stereocenters. The summed E-state index contributed by atoms with van der Waals surface area (Å²) < 4.78 is 0. The van der Waals surface area contributed by atoms with Gasteiger partial charge in [-0.25, -0.2) is 4.99 Å². The zero-order valence-corrected chi connectivity index (χ0v) is 8.47. The smallest absolute Gasteiger partial charge is 0.0585 e. The van der Waals surface area contributed by atoms with Gasteiger partial charge in [-0.15, -0.1) is 0 Å². The van der Waals surface area contributed by atoms with Crippen LogP contribution >= 0.6 is 12.2 Å². The van der Waals surface area contributed by atoms with E-state index in [1.54, 1.807) is 0 Å². The third kappa shape index (κ3) is 1.90. The molecule has 0 radical (unpaired) electrons. The first-order chi connectivity index (χ1) is 6.90. The van der Waals surface area contributed by atoms with Crippen molar-refractivity contribution in [3.63, 3.8) is 0 Å². The molecule has 1 heterocycles. The minimum absolute atomic E-state index is 0.705. The van der Waals surface area contributed by atoms with Crippen molar-refractivity contribution in [3.05, 3.63) is 36.0 Å². The summed E-state index contributed by atoms with van der Waals surface area (Å²) in [5.41, 5.74) is 2.37. The number of aromatic amines is 1. The molecular formula is C11H10N2S. The molecule has 3 heteroatoms. The largest absolute Gasteiger partial charge is 0.358 e. The van der Waals surface area contributed by atoms with E-state index < -0.39 is 0 Å². The number of isothiocyanates is 1. The van der Waals surface area contributed by atoms with Gasteiger partial charge in [0, 0.05) is 17.6 Å². The Morgan fingerprint density at radius 3 is 3.00 bits per heavy atom. The fourth-order valence-electron chi connectivity index (χ4n) is 1.49. The Morgan fingerprint density at radius 2 is 2.21 bits per heavy atom. The molecule has 1 N–H and O–H groups in total. The lowest BCUT2D eigenvalue weighted by Crippen LogP contribution is -1.87. The molecule has 14 heavy (non-hydrogen) atoms. The molecule has 0 spiro atoms. The fraction of sp³-hybridized carbons (Fsp3) is 0.182. The first-order valence-corrected chi connectivity index (χ1v) is 4.91. The van der Waals surface area contributed by atoms with Gasteiger partial charge >= 0.3 is 0 Å². The Morgan fingerprint density at radius 1 is 1.36 bits per heavy atom. The number of H-pyrrole nitrogens is 1. The zero-order valence-electron chi connectivity index (χ0n) is 7.66. The molecule has 0 atom stereocenters. The highest BCUT2D eigenvalue weighted by Gasteiger charge is 1.98. The second kappa shape index (κ2) is 4.18. The Hall–Kier alpha value is -1.44. The molecule has 2 nitrogen and oxygen atoms in total. The molecule has 0 saturated heterocycles. The van der Waals surface area contributed by atoms with E-state index in [9.17, 15) is 0 Å². The minimum Gasteiger partial charge on any atom is -0.358 e. The van der Waals surface area contributed by atoms with Gasteiger partial charge < -0.3 is 4.98 Å². The normalized spacial score (nSPS) is 10.0. The van der Waals surface area contributed by atoms with Crippen LogP contribution in [0.3, 0.4) is 0 Å². The monoisotopic (exact) mass is 202 g/mol. The van der Waals surface area contributed by atoms with E-state index in [1.807, 2.05) is 12.1 Å². The predicted octanol–water partition coefficient (Wildman–Crippen LogP) is 2.81. The van der Waals surface area contributed by atoms with Crippen molar-refractivity contribution in [2.24, 2.45) is 4.99 Å².